The van der Waals surface area contributed by atoms with Gasteiger partial charge < -0.3 is 14.7 Å². The van der Waals surface area contributed by atoms with Crippen molar-refractivity contribution in [3.63, 3.8) is 0 Å². The summed E-state index contributed by atoms with van der Waals surface area (Å²) >= 11 is 0. The highest BCUT2D eigenvalue weighted by molar-refractivity contribution is 5.95. The van der Waals surface area contributed by atoms with Crippen LogP contribution >= 0.6 is 0 Å². The van der Waals surface area contributed by atoms with E-state index in [-0.39, 0.29) is 18.4 Å². The van der Waals surface area contributed by atoms with Crippen molar-refractivity contribution in [3.05, 3.63) is 24.3 Å². The first kappa shape index (κ1) is 12.9. The van der Waals surface area contributed by atoms with Crippen molar-refractivity contribution in [2.24, 2.45) is 5.92 Å². The van der Waals surface area contributed by atoms with Crippen LogP contribution in [0.25, 0.3) is 0 Å². The quantitative estimate of drug-likeness (QED) is 0.866. The molecule has 0 bridgehead atoms. The number of ether oxygens (including phenoxy) is 1. The summed E-state index contributed by atoms with van der Waals surface area (Å²) < 4.78 is 5.50. The van der Waals surface area contributed by atoms with Crippen molar-refractivity contribution in [2.75, 3.05) is 24.7 Å². The van der Waals surface area contributed by atoms with Crippen LogP contribution in [0.3, 0.4) is 0 Å². The van der Waals surface area contributed by atoms with E-state index in [9.17, 15) is 4.79 Å². The molecule has 1 aliphatic heterocycles. The minimum absolute atomic E-state index is 0.0634. The summed E-state index contributed by atoms with van der Waals surface area (Å²) in [7, 11) is 0. The smallest absolute Gasteiger partial charge is 0.227 e. The molecule has 1 aromatic rings. The van der Waals surface area contributed by atoms with E-state index in [1.807, 2.05) is 24.3 Å². The maximum atomic E-state index is 11.8. The van der Waals surface area contributed by atoms with Gasteiger partial charge in [0.05, 0.1) is 6.61 Å². The molecule has 1 atom stereocenters. The monoisotopic (exact) mass is 249 g/mol. The van der Waals surface area contributed by atoms with Crippen molar-refractivity contribution < 1.29 is 14.6 Å². The van der Waals surface area contributed by atoms with Crippen LogP contribution in [0.15, 0.2) is 24.3 Å². The lowest BCUT2D eigenvalue weighted by molar-refractivity contribution is -0.117. The van der Waals surface area contributed by atoms with Crippen LogP contribution in [0.5, 0.6) is 5.75 Å². The molecule has 1 N–H and O–H groups in total. The standard InChI is InChI=1S/C14H19NO3/c1-2-7-18-13-5-3-12(4-6-13)15-9-11(10-16)8-14(15)17/h3-6,11,16H,2,7-10H2,1H3. The number of aliphatic hydroxyl groups excluding tert-OH is 1. The summed E-state index contributed by atoms with van der Waals surface area (Å²) in [6, 6.07) is 7.54. The second kappa shape index (κ2) is 5.87. The van der Waals surface area contributed by atoms with Gasteiger partial charge in [-0.25, -0.2) is 0 Å². The summed E-state index contributed by atoms with van der Waals surface area (Å²) in [6.07, 6.45) is 1.41. The van der Waals surface area contributed by atoms with E-state index < -0.39 is 0 Å². The molecule has 0 spiro atoms. The maximum absolute atomic E-state index is 11.8. The van der Waals surface area contributed by atoms with Crippen LogP contribution < -0.4 is 9.64 Å². The molecule has 2 rings (SSSR count). The van der Waals surface area contributed by atoms with Gasteiger partial charge in [-0.1, -0.05) is 6.92 Å². The number of hydrogen-bond donors (Lipinski definition) is 1. The fourth-order valence-electron chi connectivity index (χ4n) is 2.10. The zero-order chi connectivity index (χ0) is 13.0. The molecular weight excluding hydrogens is 230 g/mol. The molecule has 4 heteroatoms. The van der Waals surface area contributed by atoms with E-state index >= 15 is 0 Å². The molecule has 0 saturated carbocycles. The molecule has 0 aromatic heterocycles. The number of hydrogen-bond acceptors (Lipinski definition) is 3. The van der Waals surface area contributed by atoms with Gasteiger partial charge in [0.1, 0.15) is 5.75 Å². The van der Waals surface area contributed by atoms with Crippen LogP contribution in [0.4, 0.5) is 5.69 Å². The Morgan fingerprint density at radius 1 is 1.39 bits per heavy atom. The molecule has 98 valence electrons. The summed E-state index contributed by atoms with van der Waals surface area (Å²) in [5, 5.41) is 9.09. The maximum Gasteiger partial charge on any atom is 0.227 e. The molecule has 18 heavy (non-hydrogen) atoms. The van der Waals surface area contributed by atoms with Gasteiger partial charge >= 0.3 is 0 Å². The zero-order valence-corrected chi connectivity index (χ0v) is 10.6. The van der Waals surface area contributed by atoms with Crippen molar-refractivity contribution >= 4 is 11.6 Å². The van der Waals surface area contributed by atoms with Gasteiger partial charge in [0, 0.05) is 31.2 Å². The van der Waals surface area contributed by atoms with E-state index in [0.717, 1.165) is 17.9 Å². The Morgan fingerprint density at radius 3 is 2.67 bits per heavy atom. The van der Waals surface area contributed by atoms with E-state index in [1.54, 1.807) is 4.90 Å². The van der Waals surface area contributed by atoms with Crippen molar-refractivity contribution in [3.8, 4) is 5.75 Å². The number of carbonyl (C=O) groups excluding carboxylic acids is 1. The lowest BCUT2D eigenvalue weighted by Crippen LogP contribution is -2.24. The second-order valence-electron chi connectivity index (χ2n) is 4.60. The molecule has 0 aliphatic carbocycles. The third-order valence-electron chi connectivity index (χ3n) is 3.08. The normalized spacial score (nSPS) is 19.3. The molecular formula is C14H19NO3. The third kappa shape index (κ3) is 2.82. The number of carbonyl (C=O) groups is 1. The summed E-state index contributed by atoms with van der Waals surface area (Å²) in [4.78, 5) is 13.5. The predicted molar refractivity (Wildman–Crippen MR) is 69.8 cm³/mol. The molecule has 1 saturated heterocycles. The lowest BCUT2D eigenvalue weighted by Gasteiger charge is -2.16. The highest BCUT2D eigenvalue weighted by atomic mass is 16.5. The van der Waals surface area contributed by atoms with Gasteiger partial charge in [-0.3, -0.25) is 4.79 Å². The van der Waals surface area contributed by atoms with Crippen LogP contribution in [0.2, 0.25) is 0 Å². The minimum Gasteiger partial charge on any atom is -0.494 e. The number of amides is 1. The summed E-state index contributed by atoms with van der Waals surface area (Å²) in [6.45, 7) is 3.44. The van der Waals surface area contributed by atoms with Gasteiger partial charge in [0.25, 0.3) is 0 Å². The fourth-order valence-corrected chi connectivity index (χ4v) is 2.10. The largest absolute Gasteiger partial charge is 0.494 e. The summed E-state index contributed by atoms with van der Waals surface area (Å²) in [5.74, 6) is 0.968. The van der Waals surface area contributed by atoms with Crippen molar-refractivity contribution in [1.29, 1.82) is 0 Å². The van der Waals surface area contributed by atoms with Gasteiger partial charge in [-0.05, 0) is 30.7 Å². The van der Waals surface area contributed by atoms with E-state index in [0.29, 0.717) is 19.6 Å². The number of anilines is 1. The molecule has 1 aromatic carbocycles. The number of rotatable bonds is 5. The zero-order valence-electron chi connectivity index (χ0n) is 10.6. The molecule has 1 unspecified atom stereocenters. The van der Waals surface area contributed by atoms with Crippen LogP contribution in [0, 0.1) is 5.92 Å². The van der Waals surface area contributed by atoms with E-state index in [2.05, 4.69) is 6.92 Å². The van der Waals surface area contributed by atoms with Crippen LogP contribution in [-0.4, -0.2) is 30.8 Å². The van der Waals surface area contributed by atoms with E-state index in [4.69, 9.17) is 9.84 Å². The molecule has 0 radical (unpaired) electrons. The average molecular weight is 249 g/mol. The Balaban J connectivity index is 2.03. The topological polar surface area (TPSA) is 49.8 Å². The highest BCUT2D eigenvalue weighted by Crippen LogP contribution is 2.26. The SMILES string of the molecule is CCCOc1ccc(N2CC(CO)CC2=O)cc1. The molecule has 4 nitrogen and oxygen atoms in total. The number of nitrogens with zero attached hydrogens (tertiary/aromatic N) is 1. The number of benzene rings is 1. The molecule has 1 aliphatic rings. The van der Waals surface area contributed by atoms with E-state index in [1.165, 1.54) is 0 Å². The van der Waals surface area contributed by atoms with Gasteiger partial charge in [-0.15, -0.1) is 0 Å². The first-order valence-corrected chi connectivity index (χ1v) is 6.38. The average Bonchev–Trinajstić information content (AvgIpc) is 2.78. The lowest BCUT2D eigenvalue weighted by atomic mass is 10.1. The molecule has 1 heterocycles. The Kier molecular flexibility index (Phi) is 4.20. The fraction of sp³-hybridized carbons (Fsp3) is 0.500. The van der Waals surface area contributed by atoms with Crippen molar-refractivity contribution in [1.82, 2.24) is 0 Å². The first-order valence-electron chi connectivity index (χ1n) is 6.38. The molecule has 1 fully saturated rings. The second-order valence-corrected chi connectivity index (χ2v) is 4.60. The van der Waals surface area contributed by atoms with Crippen LogP contribution in [-0.2, 0) is 4.79 Å². The summed E-state index contributed by atoms with van der Waals surface area (Å²) in [5.41, 5.74) is 0.875. The Morgan fingerprint density at radius 2 is 2.11 bits per heavy atom. The Bertz CT molecular complexity index is 402. The van der Waals surface area contributed by atoms with Gasteiger partial charge in [-0.2, -0.15) is 0 Å². The Labute approximate surface area is 107 Å². The van der Waals surface area contributed by atoms with Gasteiger partial charge in [0.2, 0.25) is 5.91 Å². The predicted octanol–water partition coefficient (Wildman–Crippen LogP) is 1.82. The van der Waals surface area contributed by atoms with Crippen LogP contribution in [0.1, 0.15) is 19.8 Å². The third-order valence-corrected chi connectivity index (χ3v) is 3.08. The molecule has 1 amide bonds. The number of aliphatic hydroxyl groups is 1. The first-order chi connectivity index (χ1) is 8.74. The highest BCUT2D eigenvalue weighted by Gasteiger charge is 2.29. The van der Waals surface area contributed by atoms with Gasteiger partial charge in [0.15, 0.2) is 0 Å². The van der Waals surface area contributed by atoms with Crippen molar-refractivity contribution in [2.45, 2.75) is 19.8 Å². The minimum atomic E-state index is 0.0634. The Hall–Kier alpha value is -1.55.